The maximum Gasteiger partial charge on any atom is 0.341 e. The van der Waals surface area contributed by atoms with Crippen molar-refractivity contribution in [3.63, 3.8) is 0 Å². The van der Waals surface area contributed by atoms with Gasteiger partial charge < -0.3 is 4.74 Å². The summed E-state index contributed by atoms with van der Waals surface area (Å²) in [4.78, 5) is 22.5. The van der Waals surface area contributed by atoms with Crippen molar-refractivity contribution in [2.45, 2.75) is 27.6 Å². The van der Waals surface area contributed by atoms with Crippen molar-refractivity contribution in [3.05, 3.63) is 11.1 Å². The van der Waals surface area contributed by atoms with E-state index in [0.717, 1.165) is 6.92 Å². The lowest BCUT2D eigenvalue weighted by atomic mass is 10.1. The van der Waals surface area contributed by atoms with Crippen LogP contribution in [0.1, 0.15) is 31.7 Å². The van der Waals surface area contributed by atoms with Crippen molar-refractivity contribution < 1.29 is 18.4 Å². The molecule has 0 saturated carbocycles. The van der Waals surface area contributed by atoms with Crippen molar-refractivity contribution in [2.24, 2.45) is 0 Å². The van der Waals surface area contributed by atoms with E-state index in [9.17, 15) is 9.59 Å². The third kappa shape index (κ3) is 2.86. The van der Waals surface area contributed by atoms with E-state index in [2.05, 4.69) is 4.74 Å². The molecule has 3 nitrogen and oxygen atoms in total. The number of rotatable bonds is 3. The molecule has 0 heterocycles. The van der Waals surface area contributed by atoms with Gasteiger partial charge >= 0.3 is 5.97 Å². The molecule has 0 N–H and O–H groups in total. The van der Waals surface area contributed by atoms with Gasteiger partial charge in [0, 0.05) is 4.11 Å². The first-order chi connectivity index (χ1) is 6.71. The molecule has 0 aliphatic heterocycles. The number of allylic oxidation sites excluding steroid dienone is 1. The van der Waals surface area contributed by atoms with E-state index in [-0.39, 0.29) is 17.8 Å². The smallest absolute Gasteiger partial charge is 0.341 e. The summed E-state index contributed by atoms with van der Waals surface area (Å²) in [6, 6.07) is 0. The molecule has 0 fully saturated rings. The van der Waals surface area contributed by atoms with E-state index in [1.807, 2.05) is 0 Å². The van der Waals surface area contributed by atoms with Gasteiger partial charge in [-0.05, 0) is 27.6 Å². The summed E-state index contributed by atoms with van der Waals surface area (Å²) in [6.45, 7) is 1.61. The molecule has 0 atom stereocenters. The number of carbonyl (C=O) groups is 2. The normalized spacial score (nSPS) is 16.8. The van der Waals surface area contributed by atoms with E-state index >= 15 is 0 Å². The van der Waals surface area contributed by atoms with Crippen LogP contribution in [0.5, 0.6) is 0 Å². The SMILES string of the molecule is [2H]C([2H])([2H])/C(C)=C(/C(C)=O)C(=O)OCC. The van der Waals surface area contributed by atoms with E-state index < -0.39 is 18.6 Å². The molecule has 0 rings (SSSR count). The summed E-state index contributed by atoms with van der Waals surface area (Å²) >= 11 is 0. The van der Waals surface area contributed by atoms with E-state index in [1.165, 1.54) is 6.92 Å². The fraction of sp³-hybridized carbons (Fsp3) is 0.556. The minimum absolute atomic E-state index is 0.101. The molecule has 0 amide bonds. The molecule has 0 aliphatic carbocycles. The van der Waals surface area contributed by atoms with Gasteiger partial charge in [-0.3, -0.25) is 4.79 Å². The summed E-state index contributed by atoms with van der Waals surface area (Å²) in [6.07, 6.45) is 0. The second-order valence-electron chi connectivity index (χ2n) is 2.28. The quantitative estimate of drug-likeness (QED) is 0.281. The molecule has 12 heavy (non-hydrogen) atoms. The Labute approximate surface area is 76.6 Å². The Kier molecular flexibility index (Phi) is 2.51. The molecule has 0 aromatic carbocycles. The Morgan fingerprint density at radius 3 is 2.33 bits per heavy atom. The number of Topliss-reactive ketones (excluding diaryl/α,β-unsaturated/α-hetero) is 1. The summed E-state index contributed by atoms with van der Waals surface area (Å²) in [5.74, 6) is -1.47. The molecule has 0 spiro atoms. The molecule has 0 saturated heterocycles. The van der Waals surface area contributed by atoms with Gasteiger partial charge in [-0.2, -0.15) is 0 Å². The highest BCUT2D eigenvalue weighted by Crippen LogP contribution is 2.06. The Morgan fingerprint density at radius 2 is 2.00 bits per heavy atom. The Bertz CT molecular complexity index is 302. The third-order valence-corrected chi connectivity index (χ3v) is 1.21. The minimum Gasteiger partial charge on any atom is -0.462 e. The first kappa shape index (κ1) is 6.40. The zero-order chi connectivity index (χ0) is 12.2. The summed E-state index contributed by atoms with van der Waals surface area (Å²) in [7, 11) is 0. The molecule has 0 bridgehead atoms. The molecule has 0 aromatic heterocycles. The van der Waals surface area contributed by atoms with E-state index in [0.29, 0.717) is 0 Å². The topological polar surface area (TPSA) is 43.4 Å². The second-order valence-corrected chi connectivity index (χ2v) is 2.28. The Hall–Kier alpha value is -1.12. The number of hydrogen-bond donors (Lipinski definition) is 0. The van der Waals surface area contributed by atoms with Crippen LogP contribution >= 0.6 is 0 Å². The van der Waals surface area contributed by atoms with Crippen molar-refractivity contribution in [1.82, 2.24) is 0 Å². The largest absolute Gasteiger partial charge is 0.462 e. The van der Waals surface area contributed by atoms with Crippen LogP contribution in [0.15, 0.2) is 11.1 Å². The fourth-order valence-electron chi connectivity index (χ4n) is 0.764. The van der Waals surface area contributed by atoms with Crippen molar-refractivity contribution in [3.8, 4) is 0 Å². The van der Waals surface area contributed by atoms with Crippen LogP contribution in [0, 0.1) is 0 Å². The second kappa shape index (κ2) is 4.70. The standard InChI is InChI=1S/C9H14O3/c1-5-12-9(11)8(6(2)3)7(4)10/h5H2,1-4H3/i2D3/b8-6+. The van der Waals surface area contributed by atoms with Crippen molar-refractivity contribution >= 4 is 11.8 Å². The predicted octanol–water partition coefficient (Wildman–Crippen LogP) is 1.47. The minimum atomic E-state index is -2.45. The van der Waals surface area contributed by atoms with Gasteiger partial charge in [-0.15, -0.1) is 0 Å². The van der Waals surface area contributed by atoms with Gasteiger partial charge in [0.2, 0.25) is 0 Å². The fourth-order valence-corrected chi connectivity index (χ4v) is 0.764. The third-order valence-electron chi connectivity index (χ3n) is 1.21. The highest BCUT2D eigenvalue weighted by Gasteiger charge is 2.16. The summed E-state index contributed by atoms with van der Waals surface area (Å²) in [5, 5.41) is 0. The first-order valence-corrected chi connectivity index (χ1v) is 3.61. The first-order valence-electron chi connectivity index (χ1n) is 5.11. The lowest BCUT2D eigenvalue weighted by molar-refractivity contribution is -0.139. The van der Waals surface area contributed by atoms with Gasteiger partial charge in [0.05, 0.1) is 6.61 Å². The molecule has 0 aliphatic rings. The zero-order valence-corrected chi connectivity index (χ0v) is 7.43. The molecule has 0 aromatic rings. The summed E-state index contributed by atoms with van der Waals surface area (Å²) in [5.41, 5.74) is -0.606. The van der Waals surface area contributed by atoms with Crippen molar-refractivity contribution in [1.29, 1.82) is 0 Å². The van der Waals surface area contributed by atoms with Crippen LogP contribution in [0.25, 0.3) is 0 Å². The van der Waals surface area contributed by atoms with Crippen LogP contribution in [-0.2, 0) is 14.3 Å². The van der Waals surface area contributed by atoms with Gasteiger partial charge in [0.25, 0.3) is 0 Å². The number of ether oxygens (including phenoxy) is 1. The van der Waals surface area contributed by atoms with Gasteiger partial charge in [0.1, 0.15) is 5.57 Å². The van der Waals surface area contributed by atoms with E-state index in [4.69, 9.17) is 4.11 Å². The van der Waals surface area contributed by atoms with Crippen LogP contribution in [0.2, 0.25) is 0 Å². The number of hydrogen-bond acceptors (Lipinski definition) is 3. The van der Waals surface area contributed by atoms with Crippen LogP contribution in [0.3, 0.4) is 0 Å². The lowest BCUT2D eigenvalue weighted by Crippen LogP contribution is -2.14. The van der Waals surface area contributed by atoms with Gasteiger partial charge in [-0.1, -0.05) is 5.57 Å². The highest BCUT2D eigenvalue weighted by atomic mass is 16.5. The van der Waals surface area contributed by atoms with Crippen LogP contribution < -0.4 is 0 Å². The average molecular weight is 173 g/mol. The number of carbonyl (C=O) groups excluding carboxylic acids is 2. The van der Waals surface area contributed by atoms with Gasteiger partial charge in [-0.25, -0.2) is 4.79 Å². The molecule has 0 unspecified atom stereocenters. The molecular weight excluding hydrogens is 156 g/mol. The molecule has 0 radical (unpaired) electrons. The summed E-state index contributed by atoms with van der Waals surface area (Å²) < 4.78 is 25.9. The van der Waals surface area contributed by atoms with Crippen molar-refractivity contribution in [2.75, 3.05) is 6.61 Å². The molecule has 3 heteroatoms. The lowest BCUT2D eigenvalue weighted by Gasteiger charge is -2.04. The molecular formula is C9H14O3. The molecule has 68 valence electrons. The van der Waals surface area contributed by atoms with Crippen LogP contribution in [-0.4, -0.2) is 18.4 Å². The Balaban J connectivity index is 5.31. The average Bonchev–Trinajstić information content (AvgIpc) is 2.02. The van der Waals surface area contributed by atoms with E-state index in [1.54, 1.807) is 6.92 Å². The Morgan fingerprint density at radius 1 is 1.42 bits per heavy atom. The predicted molar refractivity (Wildman–Crippen MR) is 45.7 cm³/mol. The number of ketones is 1. The maximum atomic E-state index is 11.3. The number of esters is 1. The highest BCUT2D eigenvalue weighted by molar-refractivity contribution is 6.16. The van der Waals surface area contributed by atoms with Crippen LogP contribution in [0.4, 0.5) is 0 Å². The zero-order valence-electron chi connectivity index (χ0n) is 10.4. The van der Waals surface area contributed by atoms with Gasteiger partial charge in [0.15, 0.2) is 5.78 Å². The maximum absolute atomic E-state index is 11.3. The monoisotopic (exact) mass is 173 g/mol.